The molecule has 5 heteroatoms. The fourth-order valence-electron chi connectivity index (χ4n) is 3.50. The van der Waals surface area contributed by atoms with E-state index < -0.39 is 5.92 Å². The zero-order chi connectivity index (χ0) is 18.9. The van der Waals surface area contributed by atoms with Crippen molar-refractivity contribution in [2.24, 2.45) is 11.1 Å². The van der Waals surface area contributed by atoms with Crippen LogP contribution >= 0.6 is 0 Å². The lowest BCUT2D eigenvalue weighted by Gasteiger charge is -2.37. The number of terminal acetylenes is 1. The first-order valence-corrected chi connectivity index (χ1v) is 8.36. The predicted molar refractivity (Wildman–Crippen MR) is 96.5 cm³/mol. The Morgan fingerprint density at radius 2 is 2.04 bits per heavy atom. The number of ether oxygens (including phenoxy) is 2. The first kappa shape index (κ1) is 17.6. The molecule has 0 bridgehead atoms. The Bertz CT molecular complexity index is 893. The summed E-state index contributed by atoms with van der Waals surface area (Å²) >= 11 is 0. The minimum absolute atomic E-state index is 0.00541. The van der Waals surface area contributed by atoms with Crippen molar-refractivity contribution in [3.05, 3.63) is 52.6 Å². The number of benzene rings is 1. The SMILES string of the molecule is C#CCOc1ccc([C@H]2C(C#N)=C(N)OC3=C2C(=O)CC(C)(C)C3)cc1. The van der Waals surface area contributed by atoms with Crippen molar-refractivity contribution < 1.29 is 14.3 Å². The molecule has 1 aromatic rings. The van der Waals surface area contributed by atoms with Gasteiger partial charge in [0.15, 0.2) is 5.78 Å². The van der Waals surface area contributed by atoms with Crippen molar-refractivity contribution in [1.82, 2.24) is 0 Å². The molecular weight excluding hydrogens is 328 g/mol. The summed E-state index contributed by atoms with van der Waals surface area (Å²) in [6.07, 6.45) is 6.21. The van der Waals surface area contributed by atoms with Gasteiger partial charge in [0.25, 0.3) is 0 Å². The zero-order valence-corrected chi connectivity index (χ0v) is 14.8. The standard InChI is InChI=1S/C21H20N2O3/c1-4-9-25-14-7-5-13(6-8-14)18-15(12-22)20(23)26-17-11-21(2,3)10-16(24)19(17)18/h1,5-8,18H,9-11,23H2,2-3H3/t18-/m0/s1. The van der Waals surface area contributed by atoms with Crippen LogP contribution in [-0.2, 0) is 9.53 Å². The fraction of sp³-hybridized carbons (Fsp3) is 0.333. The maximum absolute atomic E-state index is 12.8. The Morgan fingerprint density at radius 1 is 1.35 bits per heavy atom. The summed E-state index contributed by atoms with van der Waals surface area (Å²) in [4.78, 5) is 12.8. The number of nitriles is 1. The van der Waals surface area contributed by atoms with Crippen molar-refractivity contribution in [3.63, 3.8) is 0 Å². The number of ketones is 1. The van der Waals surface area contributed by atoms with E-state index in [1.54, 1.807) is 12.1 Å². The third-order valence-corrected chi connectivity index (χ3v) is 4.61. The molecule has 1 aromatic carbocycles. The third kappa shape index (κ3) is 3.17. The van der Waals surface area contributed by atoms with E-state index in [4.69, 9.17) is 21.6 Å². The van der Waals surface area contributed by atoms with Crippen LogP contribution in [0.25, 0.3) is 0 Å². The molecule has 132 valence electrons. The van der Waals surface area contributed by atoms with Gasteiger partial charge in [-0.15, -0.1) is 6.42 Å². The number of hydrogen-bond donors (Lipinski definition) is 1. The Labute approximate surface area is 153 Å². The van der Waals surface area contributed by atoms with Crippen LogP contribution in [0.15, 0.2) is 47.1 Å². The minimum atomic E-state index is -0.519. The van der Waals surface area contributed by atoms with Gasteiger partial charge in [-0.1, -0.05) is 31.9 Å². The van der Waals surface area contributed by atoms with E-state index in [1.807, 2.05) is 26.0 Å². The van der Waals surface area contributed by atoms with Crippen molar-refractivity contribution in [3.8, 4) is 24.2 Å². The molecule has 2 N–H and O–H groups in total. The topological polar surface area (TPSA) is 85.3 Å². The maximum atomic E-state index is 12.8. The van der Waals surface area contributed by atoms with Gasteiger partial charge in [0.2, 0.25) is 5.88 Å². The van der Waals surface area contributed by atoms with Crippen LogP contribution in [0.4, 0.5) is 0 Å². The van der Waals surface area contributed by atoms with E-state index in [0.29, 0.717) is 29.9 Å². The van der Waals surface area contributed by atoms with Gasteiger partial charge in [0.1, 0.15) is 29.8 Å². The Hall–Kier alpha value is -3.18. The summed E-state index contributed by atoms with van der Waals surface area (Å²) in [6, 6.07) is 9.30. The number of rotatable bonds is 3. The van der Waals surface area contributed by atoms with Gasteiger partial charge in [-0.3, -0.25) is 4.79 Å². The lowest BCUT2D eigenvalue weighted by molar-refractivity contribution is -0.119. The second-order valence-electron chi connectivity index (χ2n) is 7.26. The van der Waals surface area contributed by atoms with Crippen molar-refractivity contribution >= 4 is 5.78 Å². The van der Waals surface area contributed by atoms with Crippen LogP contribution in [0.1, 0.15) is 38.2 Å². The van der Waals surface area contributed by atoms with Gasteiger partial charge < -0.3 is 15.2 Å². The van der Waals surface area contributed by atoms with Crippen LogP contribution in [0.5, 0.6) is 5.75 Å². The highest BCUT2D eigenvalue weighted by Crippen LogP contribution is 2.47. The zero-order valence-electron chi connectivity index (χ0n) is 14.8. The molecule has 1 aliphatic heterocycles. The molecule has 1 atom stereocenters. The Morgan fingerprint density at radius 3 is 2.65 bits per heavy atom. The quantitative estimate of drug-likeness (QED) is 0.848. The number of nitrogens with zero attached hydrogens (tertiary/aromatic N) is 1. The smallest absolute Gasteiger partial charge is 0.205 e. The molecular formula is C21H20N2O3. The average Bonchev–Trinajstić information content (AvgIpc) is 2.58. The summed E-state index contributed by atoms with van der Waals surface area (Å²) in [6.45, 7) is 4.21. The summed E-state index contributed by atoms with van der Waals surface area (Å²) in [5, 5.41) is 9.59. The highest BCUT2D eigenvalue weighted by Gasteiger charge is 2.42. The van der Waals surface area contributed by atoms with E-state index in [1.165, 1.54) is 0 Å². The number of Topliss-reactive ketones (excluding diaryl/α,β-unsaturated/α-hetero) is 1. The highest BCUT2D eigenvalue weighted by molar-refractivity contribution is 6.00. The lowest BCUT2D eigenvalue weighted by atomic mass is 9.70. The first-order valence-electron chi connectivity index (χ1n) is 8.36. The summed E-state index contributed by atoms with van der Waals surface area (Å²) < 4.78 is 11.1. The first-order chi connectivity index (χ1) is 12.4. The van der Waals surface area contributed by atoms with Gasteiger partial charge in [-0.05, 0) is 23.1 Å². The number of hydrogen-bond acceptors (Lipinski definition) is 5. The fourth-order valence-corrected chi connectivity index (χ4v) is 3.50. The number of allylic oxidation sites excluding steroid dienone is 3. The largest absolute Gasteiger partial charge is 0.481 e. The normalized spacial score (nSPS) is 21.4. The highest BCUT2D eigenvalue weighted by atomic mass is 16.5. The molecule has 0 aromatic heterocycles. The van der Waals surface area contributed by atoms with E-state index >= 15 is 0 Å². The molecule has 0 radical (unpaired) electrons. The third-order valence-electron chi connectivity index (χ3n) is 4.61. The van der Waals surface area contributed by atoms with Gasteiger partial charge in [0.05, 0.1) is 5.92 Å². The molecule has 26 heavy (non-hydrogen) atoms. The van der Waals surface area contributed by atoms with Crippen LogP contribution in [0.3, 0.4) is 0 Å². The van der Waals surface area contributed by atoms with E-state index in [9.17, 15) is 10.1 Å². The maximum Gasteiger partial charge on any atom is 0.205 e. The predicted octanol–water partition coefficient (Wildman–Crippen LogP) is 3.15. The molecule has 0 spiro atoms. The number of carbonyl (C=O) groups excluding carboxylic acids is 1. The molecule has 0 saturated heterocycles. The Balaban J connectivity index is 2.05. The Kier molecular flexibility index (Phi) is 4.49. The summed E-state index contributed by atoms with van der Waals surface area (Å²) in [5.41, 5.74) is 7.39. The van der Waals surface area contributed by atoms with E-state index in [-0.39, 0.29) is 29.3 Å². The lowest BCUT2D eigenvalue weighted by Crippen LogP contribution is -2.33. The van der Waals surface area contributed by atoms with Crippen LogP contribution < -0.4 is 10.5 Å². The van der Waals surface area contributed by atoms with E-state index in [0.717, 1.165) is 5.56 Å². The summed E-state index contributed by atoms with van der Waals surface area (Å²) in [7, 11) is 0. The van der Waals surface area contributed by atoms with Crippen molar-refractivity contribution in [2.75, 3.05) is 6.61 Å². The molecule has 0 fully saturated rings. The van der Waals surface area contributed by atoms with E-state index in [2.05, 4.69) is 12.0 Å². The summed E-state index contributed by atoms with van der Waals surface area (Å²) in [5.74, 6) is 3.14. The molecule has 0 unspecified atom stereocenters. The van der Waals surface area contributed by atoms with Crippen LogP contribution in [0, 0.1) is 29.1 Å². The molecule has 0 amide bonds. The molecule has 1 heterocycles. The molecule has 1 aliphatic carbocycles. The van der Waals surface area contributed by atoms with Crippen molar-refractivity contribution in [1.29, 1.82) is 5.26 Å². The minimum Gasteiger partial charge on any atom is -0.481 e. The van der Waals surface area contributed by atoms with Gasteiger partial charge in [-0.25, -0.2) is 0 Å². The number of nitrogens with two attached hydrogens (primary N) is 1. The van der Waals surface area contributed by atoms with Crippen LogP contribution in [0.2, 0.25) is 0 Å². The van der Waals surface area contributed by atoms with Crippen molar-refractivity contribution in [2.45, 2.75) is 32.6 Å². The second-order valence-corrected chi connectivity index (χ2v) is 7.26. The monoisotopic (exact) mass is 348 g/mol. The molecule has 3 rings (SSSR count). The molecule has 5 nitrogen and oxygen atoms in total. The second kappa shape index (κ2) is 6.61. The van der Waals surface area contributed by atoms with Gasteiger partial charge in [-0.2, -0.15) is 5.26 Å². The van der Waals surface area contributed by atoms with Gasteiger partial charge in [0, 0.05) is 18.4 Å². The van der Waals surface area contributed by atoms with Crippen LogP contribution in [-0.4, -0.2) is 12.4 Å². The number of carbonyl (C=O) groups is 1. The average molecular weight is 348 g/mol. The van der Waals surface area contributed by atoms with Gasteiger partial charge >= 0.3 is 0 Å². The molecule has 0 saturated carbocycles. The molecule has 2 aliphatic rings.